The van der Waals surface area contributed by atoms with Crippen LogP contribution < -0.4 is 5.32 Å². The van der Waals surface area contributed by atoms with Crippen molar-refractivity contribution >= 4 is 32.4 Å². The van der Waals surface area contributed by atoms with E-state index in [1.54, 1.807) is 13.8 Å². The van der Waals surface area contributed by atoms with Gasteiger partial charge in [-0.15, -0.1) is 11.3 Å². The lowest BCUT2D eigenvalue weighted by atomic mass is 9.97. The first kappa shape index (κ1) is 21.7. The summed E-state index contributed by atoms with van der Waals surface area (Å²) in [7, 11) is -3.68. The number of amides is 1. The van der Waals surface area contributed by atoms with E-state index in [0.717, 1.165) is 11.3 Å². The molecule has 0 aliphatic carbocycles. The summed E-state index contributed by atoms with van der Waals surface area (Å²) < 4.78 is 32.3. The molecule has 1 aromatic carbocycles. The van der Waals surface area contributed by atoms with Crippen molar-refractivity contribution in [2.45, 2.75) is 38.5 Å². The molecule has 0 unspecified atom stereocenters. The van der Waals surface area contributed by atoms with E-state index in [1.165, 1.54) is 21.2 Å². The third kappa shape index (κ3) is 4.41. The summed E-state index contributed by atoms with van der Waals surface area (Å²) in [6, 6.07) is 8.06. The van der Waals surface area contributed by atoms with Gasteiger partial charge in [0.05, 0.1) is 5.69 Å². The minimum absolute atomic E-state index is 0.126. The molecule has 31 heavy (non-hydrogen) atoms. The number of thiazole rings is 1. The monoisotopic (exact) mass is 460 g/mol. The number of carbonyl (C=O) groups excluding carboxylic acids is 1. The van der Waals surface area contributed by atoms with Crippen LogP contribution in [0, 0.1) is 26.7 Å². The number of nitrogens with one attached hydrogen (secondary N) is 1. The molecule has 1 saturated heterocycles. The number of nitrogens with zero attached hydrogens (tertiary/aromatic N) is 3. The molecule has 164 valence electrons. The van der Waals surface area contributed by atoms with Crippen molar-refractivity contribution in [3.8, 4) is 11.3 Å². The molecule has 0 bridgehead atoms. The third-order valence-electron chi connectivity index (χ3n) is 5.47. The Bertz CT molecular complexity index is 1170. The molecule has 0 spiro atoms. The summed E-state index contributed by atoms with van der Waals surface area (Å²) in [4.78, 5) is 17.4. The number of aryl methyl sites for hydroxylation is 3. The largest absolute Gasteiger partial charge is 0.360 e. The first-order valence-electron chi connectivity index (χ1n) is 10.0. The Morgan fingerprint density at radius 3 is 2.45 bits per heavy atom. The van der Waals surface area contributed by atoms with Gasteiger partial charge in [0.25, 0.3) is 0 Å². The highest BCUT2D eigenvalue weighted by Crippen LogP contribution is 2.29. The van der Waals surface area contributed by atoms with Gasteiger partial charge in [-0.05, 0) is 33.6 Å². The van der Waals surface area contributed by atoms with Crippen LogP contribution in [0.3, 0.4) is 0 Å². The van der Waals surface area contributed by atoms with Gasteiger partial charge >= 0.3 is 0 Å². The Kier molecular flexibility index (Phi) is 5.96. The summed E-state index contributed by atoms with van der Waals surface area (Å²) in [5, 5.41) is 9.10. The quantitative estimate of drug-likeness (QED) is 0.621. The number of aromatic nitrogens is 2. The second kappa shape index (κ2) is 8.52. The van der Waals surface area contributed by atoms with Gasteiger partial charge in [0, 0.05) is 30.0 Å². The Morgan fingerprint density at radius 1 is 1.16 bits per heavy atom. The molecule has 3 heterocycles. The molecule has 1 fully saturated rings. The van der Waals surface area contributed by atoms with Crippen LogP contribution in [0.25, 0.3) is 11.3 Å². The van der Waals surface area contributed by atoms with Crippen LogP contribution in [-0.4, -0.2) is 41.9 Å². The van der Waals surface area contributed by atoms with Crippen molar-refractivity contribution in [2.75, 3.05) is 18.4 Å². The molecular weight excluding hydrogens is 436 g/mol. The van der Waals surface area contributed by atoms with Crippen LogP contribution in [0.5, 0.6) is 0 Å². The molecule has 0 radical (unpaired) electrons. The van der Waals surface area contributed by atoms with Crippen molar-refractivity contribution in [3.63, 3.8) is 0 Å². The van der Waals surface area contributed by atoms with E-state index in [4.69, 9.17) is 4.52 Å². The van der Waals surface area contributed by atoms with Crippen molar-refractivity contribution in [1.29, 1.82) is 0 Å². The molecule has 3 aromatic rings. The standard InChI is InChI=1S/C21H24N4O4S2/c1-13-4-6-16(7-5-13)18-12-30-21(22-18)23-20(26)17-8-10-25(11-9-17)31(27,28)19-14(2)24-29-15(19)3/h4-7,12,17H,8-11H2,1-3H3,(H,22,23,26). The SMILES string of the molecule is Cc1ccc(-c2csc(NC(=O)C3CCN(S(=O)(=O)c4c(C)noc4C)CC3)n2)cc1. The highest BCUT2D eigenvalue weighted by atomic mass is 32.2. The van der Waals surface area contributed by atoms with E-state index >= 15 is 0 Å². The van der Waals surface area contributed by atoms with Crippen LogP contribution in [-0.2, 0) is 14.8 Å². The molecule has 4 rings (SSSR count). The first-order valence-corrected chi connectivity index (χ1v) is 12.3. The average Bonchev–Trinajstić information content (AvgIpc) is 3.35. The molecule has 10 heteroatoms. The maximum atomic E-state index is 12.9. The molecule has 8 nitrogen and oxygen atoms in total. The number of sulfonamides is 1. The van der Waals surface area contributed by atoms with Gasteiger partial charge in [-0.2, -0.15) is 4.31 Å². The Labute approximate surface area is 185 Å². The van der Waals surface area contributed by atoms with Gasteiger partial charge in [-0.25, -0.2) is 13.4 Å². The van der Waals surface area contributed by atoms with Crippen LogP contribution >= 0.6 is 11.3 Å². The van der Waals surface area contributed by atoms with Crippen molar-refractivity contribution in [3.05, 3.63) is 46.7 Å². The van der Waals surface area contributed by atoms with Crippen LogP contribution in [0.4, 0.5) is 5.13 Å². The number of hydrogen-bond acceptors (Lipinski definition) is 7. The van der Waals surface area contributed by atoms with Crippen LogP contribution in [0.15, 0.2) is 39.1 Å². The zero-order valence-corrected chi connectivity index (χ0v) is 19.2. The van der Waals surface area contributed by atoms with Crippen molar-refractivity contribution in [1.82, 2.24) is 14.4 Å². The summed E-state index contributed by atoms with van der Waals surface area (Å²) in [6.45, 7) is 5.78. The van der Waals surface area contributed by atoms with E-state index in [9.17, 15) is 13.2 Å². The molecule has 1 N–H and O–H groups in total. The zero-order chi connectivity index (χ0) is 22.2. The normalized spacial score (nSPS) is 15.8. The van der Waals surface area contributed by atoms with E-state index in [2.05, 4.69) is 15.5 Å². The molecule has 1 aliphatic heterocycles. The predicted octanol–water partition coefficient (Wildman–Crippen LogP) is 3.76. The number of carbonyl (C=O) groups is 1. The smallest absolute Gasteiger partial charge is 0.248 e. The molecule has 2 aromatic heterocycles. The van der Waals surface area contributed by atoms with Crippen molar-refractivity contribution < 1.29 is 17.7 Å². The molecular formula is C21H24N4O4S2. The van der Waals surface area contributed by atoms with E-state index in [0.29, 0.717) is 23.7 Å². The predicted molar refractivity (Wildman–Crippen MR) is 118 cm³/mol. The minimum atomic E-state index is -3.68. The highest BCUT2D eigenvalue weighted by molar-refractivity contribution is 7.89. The topological polar surface area (TPSA) is 105 Å². The third-order valence-corrected chi connectivity index (χ3v) is 8.37. The fraction of sp³-hybridized carbons (Fsp3) is 0.381. The molecule has 0 saturated carbocycles. The fourth-order valence-electron chi connectivity index (χ4n) is 3.73. The summed E-state index contributed by atoms with van der Waals surface area (Å²) in [5.74, 6) is -0.104. The Morgan fingerprint density at radius 2 is 1.84 bits per heavy atom. The molecule has 1 aliphatic rings. The number of anilines is 1. The number of benzene rings is 1. The fourth-order valence-corrected chi connectivity index (χ4v) is 6.21. The van der Waals surface area contributed by atoms with E-state index in [-0.39, 0.29) is 35.6 Å². The maximum Gasteiger partial charge on any atom is 0.248 e. The van der Waals surface area contributed by atoms with Crippen LogP contribution in [0.2, 0.25) is 0 Å². The average molecular weight is 461 g/mol. The Balaban J connectivity index is 1.37. The summed E-state index contributed by atoms with van der Waals surface area (Å²) in [6.07, 6.45) is 0.898. The van der Waals surface area contributed by atoms with Gasteiger partial charge in [-0.3, -0.25) is 4.79 Å². The second-order valence-corrected chi connectivity index (χ2v) is 10.5. The molecule has 1 amide bonds. The first-order chi connectivity index (χ1) is 14.8. The highest BCUT2D eigenvalue weighted by Gasteiger charge is 2.35. The van der Waals surface area contributed by atoms with E-state index in [1.807, 2.05) is 36.6 Å². The Hall–Kier alpha value is -2.56. The number of rotatable bonds is 5. The van der Waals surface area contributed by atoms with Gasteiger partial charge in [0.15, 0.2) is 10.9 Å². The van der Waals surface area contributed by atoms with E-state index < -0.39 is 10.0 Å². The number of piperidine rings is 1. The summed E-state index contributed by atoms with van der Waals surface area (Å²) >= 11 is 1.38. The van der Waals surface area contributed by atoms with Gasteiger partial charge in [0.2, 0.25) is 15.9 Å². The van der Waals surface area contributed by atoms with Gasteiger partial charge < -0.3 is 9.84 Å². The lowest BCUT2D eigenvalue weighted by Gasteiger charge is -2.30. The second-order valence-electron chi connectivity index (χ2n) is 7.72. The minimum Gasteiger partial charge on any atom is -0.360 e. The number of hydrogen-bond donors (Lipinski definition) is 1. The summed E-state index contributed by atoms with van der Waals surface area (Å²) in [5.41, 5.74) is 3.35. The molecule has 0 atom stereocenters. The van der Waals surface area contributed by atoms with Crippen LogP contribution in [0.1, 0.15) is 29.9 Å². The van der Waals surface area contributed by atoms with Gasteiger partial charge in [-0.1, -0.05) is 35.0 Å². The maximum absolute atomic E-state index is 12.9. The zero-order valence-electron chi connectivity index (χ0n) is 17.6. The van der Waals surface area contributed by atoms with Crippen molar-refractivity contribution in [2.24, 2.45) is 5.92 Å². The lowest BCUT2D eigenvalue weighted by molar-refractivity contribution is -0.120. The van der Waals surface area contributed by atoms with Gasteiger partial charge in [0.1, 0.15) is 10.6 Å². The lowest BCUT2D eigenvalue weighted by Crippen LogP contribution is -2.41.